The zero-order chi connectivity index (χ0) is 21.6. The van der Waals surface area contributed by atoms with Gasteiger partial charge in [-0.3, -0.25) is 0 Å². The number of nitrogens with one attached hydrogen (secondary N) is 3. The lowest BCUT2D eigenvalue weighted by atomic mass is 10.1. The molecule has 3 aromatic rings. The minimum absolute atomic E-state index is 0.0422. The fraction of sp³-hybridized carbons (Fsp3) is 0.476. The summed E-state index contributed by atoms with van der Waals surface area (Å²) in [7, 11) is 0. The van der Waals surface area contributed by atoms with Crippen molar-refractivity contribution in [2.45, 2.75) is 39.8 Å². The van der Waals surface area contributed by atoms with E-state index in [1.54, 1.807) is 6.33 Å². The van der Waals surface area contributed by atoms with Crippen LogP contribution in [0.1, 0.15) is 27.7 Å². The van der Waals surface area contributed by atoms with Crippen LogP contribution in [0.5, 0.6) is 5.75 Å². The highest BCUT2D eigenvalue weighted by Crippen LogP contribution is 2.26. The Bertz CT molecular complexity index is 954. The second-order valence-corrected chi connectivity index (χ2v) is 7.62. The van der Waals surface area contributed by atoms with E-state index in [1.807, 2.05) is 49.6 Å². The highest BCUT2D eigenvalue weighted by Gasteiger charge is 2.20. The summed E-state index contributed by atoms with van der Waals surface area (Å²) >= 11 is 0. The van der Waals surface area contributed by atoms with Crippen LogP contribution in [-0.4, -0.2) is 56.5 Å². The van der Waals surface area contributed by atoms with Crippen molar-refractivity contribution in [1.82, 2.24) is 24.8 Å². The quantitative estimate of drug-likeness (QED) is 0.355. The molecule has 30 heavy (non-hydrogen) atoms. The zero-order valence-electron chi connectivity index (χ0n) is 18.1. The van der Waals surface area contributed by atoms with Crippen molar-refractivity contribution < 1.29 is 9.84 Å². The number of hydrogen-bond donors (Lipinski definition) is 4. The van der Waals surface area contributed by atoms with Gasteiger partial charge >= 0.3 is 0 Å². The van der Waals surface area contributed by atoms with Crippen molar-refractivity contribution in [2.75, 3.05) is 36.9 Å². The van der Waals surface area contributed by atoms with Gasteiger partial charge < -0.3 is 30.4 Å². The topological polar surface area (TPSA) is 109 Å². The van der Waals surface area contributed by atoms with Crippen LogP contribution in [0, 0.1) is 0 Å². The maximum absolute atomic E-state index is 9.58. The number of aliphatic hydroxyl groups excluding tert-OH is 1. The number of fused-ring (bicyclic) bond motifs is 1. The molecule has 0 radical (unpaired) electrons. The molecule has 0 fully saturated rings. The van der Waals surface area contributed by atoms with Gasteiger partial charge in [-0.1, -0.05) is 6.92 Å². The van der Waals surface area contributed by atoms with Crippen molar-refractivity contribution in [3.8, 4) is 5.75 Å². The Kier molecular flexibility index (Phi) is 7.07. The Hall–Kier alpha value is -2.91. The molecular formula is C21H31N7O2. The van der Waals surface area contributed by atoms with Gasteiger partial charge in [0.1, 0.15) is 12.4 Å². The van der Waals surface area contributed by atoms with Crippen LogP contribution in [0.25, 0.3) is 11.2 Å². The summed E-state index contributed by atoms with van der Waals surface area (Å²) in [5.41, 5.74) is 1.74. The van der Waals surface area contributed by atoms with Gasteiger partial charge in [-0.05, 0) is 51.6 Å². The van der Waals surface area contributed by atoms with Crippen molar-refractivity contribution in [1.29, 1.82) is 0 Å². The van der Waals surface area contributed by atoms with E-state index in [0.717, 1.165) is 36.7 Å². The molecular weight excluding hydrogens is 382 g/mol. The van der Waals surface area contributed by atoms with Gasteiger partial charge in [0.2, 0.25) is 5.95 Å². The summed E-state index contributed by atoms with van der Waals surface area (Å²) < 4.78 is 7.68. The normalized spacial score (nSPS) is 11.6. The Balaban J connectivity index is 1.83. The Morgan fingerprint density at radius 1 is 1.13 bits per heavy atom. The Morgan fingerprint density at radius 2 is 1.90 bits per heavy atom. The second kappa shape index (κ2) is 9.73. The van der Waals surface area contributed by atoms with Crippen LogP contribution >= 0.6 is 0 Å². The van der Waals surface area contributed by atoms with E-state index in [9.17, 15) is 5.11 Å². The maximum atomic E-state index is 9.58. The van der Waals surface area contributed by atoms with Crippen LogP contribution in [0.3, 0.4) is 0 Å². The molecule has 162 valence electrons. The monoisotopic (exact) mass is 413 g/mol. The van der Waals surface area contributed by atoms with Gasteiger partial charge in [-0.25, -0.2) is 4.98 Å². The van der Waals surface area contributed by atoms with E-state index in [-0.39, 0.29) is 6.61 Å². The fourth-order valence-corrected chi connectivity index (χ4v) is 2.85. The van der Waals surface area contributed by atoms with E-state index >= 15 is 0 Å². The number of likely N-dealkylation sites (N-methyl/N-ethyl adjacent to an activating group) is 1. The number of imidazole rings is 1. The predicted octanol–water partition coefficient (Wildman–Crippen LogP) is 2.76. The minimum atomic E-state index is -0.548. The Labute approximate surface area is 176 Å². The van der Waals surface area contributed by atoms with Gasteiger partial charge in [0, 0.05) is 18.8 Å². The molecule has 2 heterocycles. The van der Waals surface area contributed by atoms with Crippen LogP contribution < -0.4 is 20.7 Å². The van der Waals surface area contributed by atoms with Crippen LogP contribution in [0.15, 0.2) is 30.6 Å². The molecule has 3 rings (SSSR count). The molecule has 0 bridgehead atoms. The third kappa shape index (κ3) is 5.37. The number of rotatable bonds is 11. The van der Waals surface area contributed by atoms with Crippen molar-refractivity contribution in [3.05, 3.63) is 30.6 Å². The fourth-order valence-electron chi connectivity index (χ4n) is 2.85. The SMILES string of the molecule is CCNCCOc1ccc(Nc2nc(NC(C)(C)CO)nc3c2ncn3CC)cc1. The first-order chi connectivity index (χ1) is 14.5. The standard InChI is InChI=1S/C21H31N7O2/c1-5-22-11-12-30-16-9-7-15(8-10-16)24-18-17-19(28(6-2)14-23-17)26-20(25-18)27-21(3,4)13-29/h7-10,14,22,29H,5-6,11-13H2,1-4H3,(H2,24,25,26,27). The number of aryl methyl sites for hydroxylation is 1. The summed E-state index contributed by atoms with van der Waals surface area (Å²) in [6.45, 7) is 11.0. The van der Waals surface area contributed by atoms with E-state index in [0.29, 0.717) is 23.9 Å². The molecule has 0 saturated carbocycles. The van der Waals surface area contributed by atoms with Crippen molar-refractivity contribution in [2.24, 2.45) is 0 Å². The number of hydrogen-bond acceptors (Lipinski definition) is 8. The lowest BCUT2D eigenvalue weighted by Gasteiger charge is -2.23. The molecule has 9 heteroatoms. The predicted molar refractivity (Wildman–Crippen MR) is 120 cm³/mol. The molecule has 0 amide bonds. The van der Waals surface area contributed by atoms with Gasteiger partial charge in [-0.15, -0.1) is 0 Å². The van der Waals surface area contributed by atoms with Crippen LogP contribution in [-0.2, 0) is 6.54 Å². The van der Waals surface area contributed by atoms with Gasteiger partial charge in [0.15, 0.2) is 17.0 Å². The molecule has 0 aliphatic heterocycles. The molecule has 9 nitrogen and oxygen atoms in total. The number of aliphatic hydroxyl groups is 1. The molecule has 1 aromatic carbocycles. The Morgan fingerprint density at radius 3 is 2.57 bits per heavy atom. The van der Waals surface area contributed by atoms with Crippen LogP contribution in [0.2, 0.25) is 0 Å². The summed E-state index contributed by atoms with van der Waals surface area (Å²) in [4.78, 5) is 13.7. The molecule has 0 unspecified atom stereocenters. The molecule has 0 saturated heterocycles. The summed E-state index contributed by atoms with van der Waals surface area (Å²) in [5.74, 6) is 1.85. The molecule has 0 aliphatic carbocycles. The summed E-state index contributed by atoms with van der Waals surface area (Å²) in [5, 5.41) is 19.3. The van der Waals surface area contributed by atoms with Gasteiger partial charge in [0.05, 0.1) is 18.5 Å². The molecule has 0 aliphatic rings. The number of nitrogens with zero attached hydrogens (tertiary/aromatic N) is 4. The van der Waals surface area contributed by atoms with E-state index < -0.39 is 5.54 Å². The first-order valence-electron chi connectivity index (χ1n) is 10.3. The number of benzene rings is 1. The maximum Gasteiger partial charge on any atom is 0.227 e. The summed E-state index contributed by atoms with van der Waals surface area (Å²) in [6, 6.07) is 7.73. The smallest absolute Gasteiger partial charge is 0.227 e. The number of ether oxygens (including phenoxy) is 1. The minimum Gasteiger partial charge on any atom is -0.492 e. The largest absolute Gasteiger partial charge is 0.492 e. The number of aromatic nitrogens is 4. The first-order valence-corrected chi connectivity index (χ1v) is 10.3. The molecule has 0 spiro atoms. The lowest BCUT2D eigenvalue weighted by molar-refractivity contribution is 0.233. The highest BCUT2D eigenvalue weighted by molar-refractivity contribution is 5.86. The highest BCUT2D eigenvalue weighted by atomic mass is 16.5. The average molecular weight is 414 g/mol. The summed E-state index contributed by atoms with van der Waals surface area (Å²) in [6.07, 6.45) is 1.76. The van der Waals surface area contributed by atoms with E-state index in [2.05, 4.69) is 37.8 Å². The van der Waals surface area contributed by atoms with Crippen LogP contribution in [0.4, 0.5) is 17.5 Å². The second-order valence-electron chi connectivity index (χ2n) is 7.62. The lowest BCUT2D eigenvalue weighted by Crippen LogP contribution is -2.35. The van der Waals surface area contributed by atoms with Crippen molar-refractivity contribution >= 4 is 28.6 Å². The molecule has 0 atom stereocenters. The number of anilines is 3. The first kappa shape index (κ1) is 21.8. The van der Waals surface area contributed by atoms with E-state index in [1.165, 1.54) is 0 Å². The van der Waals surface area contributed by atoms with Gasteiger partial charge in [0.25, 0.3) is 0 Å². The average Bonchev–Trinajstić information content (AvgIpc) is 3.15. The van der Waals surface area contributed by atoms with Gasteiger partial charge in [-0.2, -0.15) is 9.97 Å². The molecule has 2 aromatic heterocycles. The molecule has 4 N–H and O–H groups in total. The van der Waals surface area contributed by atoms with Crippen molar-refractivity contribution in [3.63, 3.8) is 0 Å². The third-order valence-corrected chi connectivity index (χ3v) is 4.56. The third-order valence-electron chi connectivity index (χ3n) is 4.56. The van der Waals surface area contributed by atoms with E-state index in [4.69, 9.17) is 4.74 Å². The zero-order valence-corrected chi connectivity index (χ0v) is 18.1.